The second kappa shape index (κ2) is 7.46. The summed E-state index contributed by atoms with van der Waals surface area (Å²) in [7, 11) is 0. The molecule has 0 fully saturated rings. The van der Waals surface area contributed by atoms with Crippen molar-refractivity contribution in [3.05, 3.63) is 35.4 Å². The average Bonchev–Trinajstić information content (AvgIpc) is 2.42. The fraction of sp³-hybridized carbons (Fsp3) is 0.429. The normalized spacial score (nSPS) is 11.6. The SMILES string of the molecule is CCCOC(=O)CCC(O)c1ccccc1C#N. The van der Waals surface area contributed by atoms with Crippen LogP contribution in [0.3, 0.4) is 0 Å². The van der Waals surface area contributed by atoms with Crippen LogP contribution in [0.15, 0.2) is 24.3 Å². The summed E-state index contributed by atoms with van der Waals surface area (Å²) in [5, 5.41) is 18.9. The van der Waals surface area contributed by atoms with Crippen LogP contribution >= 0.6 is 0 Å². The maximum Gasteiger partial charge on any atom is 0.305 e. The molecule has 0 bridgehead atoms. The van der Waals surface area contributed by atoms with Crippen LogP contribution in [0.5, 0.6) is 0 Å². The molecule has 1 atom stereocenters. The minimum absolute atomic E-state index is 0.154. The Bertz CT molecular complexity index is 437. The van der Waals surface area contributed by atoms with E-state index in [1.54, 1.807) is 24.3 Å². The molecular formula is C14H17NO3. The Kier molecular flexibility index (Phi) is 5.89. The van der Waals surface area contributed by atoms with Gasteiger partial charge in [0.1, 0.15) is 0 Å². The van der Waals surface area contributed by atoms with Gasteiger partial charge in [-0.1, -0.05) is 25.1 Å². The third-order valence-electron chi connectivity index (χ3n) is 2.53. The Morgan fingerprint density at radius 3 is 2.89 bits per heavy atom. The molecule has 0 aliphatic rings. The van der Waals surface area contributed by atoms with Gasteiger partial charge in [-0.2, -0.15) is 5.26 Å². The number of carbonyl (C=O) groups is 1. The van der Waals surface area contributed by atoms with E-state index in [0.29, 0.717) is 17.7 Å². The van der Waals surface area contributed by atoms with Crippen molar-refractivity contribution in [3.8, 4) is 6.07 Å². The fourth-order valence-corrected chi connectivity index (χ4v) is 1.59. The molecule has 1 unspecified atom stereocenters. The first kappa shape index (κ1) is 14.2. The van der Waals surface area contributed by atoms with Crippen molar-refractivity contribution < 1.29 is 14.6 Å². The summed E-state index contributed by atoms with van der Waals surface area (Å²) in [5.41, 5.74) is 0.996. The van der Waals surface area contributed by atoms with Gasteiger partial charge in [-0.15, -0.1) is 0 Å². The number of ether oxygens (including phenoxy) is 1. The Balaban J connectivity index is 2.53. The average molecular weight is 247 g/mol. The lowest BCUT2D eigenvalue weighted by atomic mass is 10.00. The molecule has 0 radical (unpaired) electrons. The smallest absolute Gasteiger partial charge is 0.305 e. The molecular weight excluding hydrogens is 230 g/mol. The Morgan fingerprint density at radius 1 is 1.50 bits per heavy atom. The van der Waals surface area contributed by atoms with Crippen LogP contribution in [-0.2, 0) is 9.53 Å². The highest BCUT2D eigenvalue weighted by atomic mass is 16.5. The van der Waals surface area contributed by atoms with Gasteiger partial charge in [0.15, 0.2) is 0 Å². The predicted octanol–water partition coefficient (Wildman–Crippen LogP) is 2.33. The van der Waals surface area contributed by atoms with Crippen LogP contribution in [-0.4, -0.2) is 17.7 Å². The van der Waals surface area contributed by atoms with E-state index >= 15 is 0 Å². The Labute approximate surface area is 107 Å². The molecule has 0 spiro atoms. The topological polar surface area (TPSA) is 70.3 Å². The minimum atomic E-state index is -0.810. The molecule has 1 aromatic rings. The summed E-state index contributed by atoms with van der Waals surface area (Å²) < 4.78 is 4.92. The molecule has 4 heteroatoms. The minimum Gasteiger partial charge on any atom is -0.466 e. The van der Waals surface area contributed by atoms with Gasteiger partial charge in [-0.25, -0.2) is 0 Å². The maximum atomic E-state index is 11.3. The Morgan fingerprint density at radius 2 is 2.22 bits per heavy atom. The van der Waals surface area contributed by atoms with E-state index in [9.17, 15) is 9.90 Å². The first-order valence-electron chi connectivity index (χ1n) is 6.01. The second-order valence-electron chi connectivity index (χ2n) is 3.97. The van der Waals surface area contributed by atoms with E-state index in [-0.39, 0.29) is 18.8 Å². The molecule has 0 amide bonds. The standard InChI is InChI=1S/C14H17NO3/c1-2-9-18-14(17)8-7-13(16)12-6-4-3-5-11(12)10-15/h3-6,13,16H,2,7-9H2,1H3. The molecule has 18 heavy (non-hydrogen) atoms. The van der Waals surface area contributed by atoms with Crippen LogP contribution in [0.4, 0.5) is 0 Å². The highest BCUT2D eigenvalue weighted by molar-refractivity contribution is 5.69. The van der Waals surface area contributed by atoms with E-state index in [4.69, 9.17) is 10.00 Å². The van der Waals surface area contributed by atoms with Gasteiger partial charge in [0, 0.05) is 6.42 Å². The summed E-state index contributed by atoms with van der Waals surface area (Å²) in [5.74, 6) is -0.315. The zero-order valence-electron chi connectivity index (χ0n) is 10.4. The highest BCUT2D eigenvalue weighted by Crippen LogP contribution is 2.21. The van der Waals surface area contributed by atoms with Crippen LogP contribution in [0.25, 0.3) is 0 Å². The zero-order valence-corrected chi connectivity index (χ0v) is 10.4. The Hall–Kier alpha value is -1.86. The summed E-state index contributed by atoms with van der Waals surface area (Å²) in [6, 6.07) is 8.86. The summed E-state index contributed by atoms with van der Waals surface area (Å²) >= 11 is 0. The number of benzene rings is 1. The number of carbonyl (C=O) groups excluding carboxylic acids is 1. The lowest BCUT2D eigenvalue weighted by Gasteiger charge is -2.11. The number of hydrogen-bond donors (Lipinski definition) is 1. The van der Waals surface area contributed by atoms with Crippen LogP contribution in [0.2, 0.25) is 0 Å². The van der Waals surface area contributed by atoms with Crippen molar-refractivity contribution in [1.82, 2.24) is 0 Å². The highest BCUT2D eigenvalue weighted by Gasteiger charge is 2.14. The van der Waals surface area contributed by atoms with Gasteiger partial charge >= 0.3 is 5.97 Å². The lowest BCUT2D eigenvalue weighted by molar-refractivity contribution is -0.144. The van der Waals surface area contributed by atoms with E-state index in [0.717, 1.165) is 6.42 Å². The van der Waals surface area contributed by atoms with E-state index < -0.39 is 6.10 Å². The second-order valence-corrected chi connectivity index (χ2v) is 3.97. The quantitative estimate of drug-likeness (QED) is 0.783. The van der Waals surface area contributed by atoms with E-state index in [1.807, 2.05) is 13.0 Å². The first-order valence-corrected chi connectivity index (χ1v) is 6.01. The monoisotopic (exact) mass is 247 g/mol. The molecule has 96 valence electrons. The largest absolute Gasteiger partial charge is 0.466 e. The predicted molar refractivity (Wildman–Crippen MR) is 66.6 cm³/mol. The van der Waals surface area contributed by atoms with Gasteiger partial charge in [-0.05, 0) is 24.5 Å². The number of esters is 1. The molecule has 0 aromatic heterocycles. The molecule has 0 aliphatic carbocycles. The van der Waals surface area contributed by atoms with Gasteiger partial charge in [0.2, 0.25) is 0 Å². The number of rotatable bonds is 6. The molecule has 1 N–H and O–H groups in total. The molecule has 0 heterocycles. The third-order valence-corrected chi connectivity index (χ3v) is 2.53. The molecule has 1 aromatic carbocycles. The van der Waals surface area contributed by atoms with Crippen molar-refractivity contribution in [3.63, 3.8) is 0 Å². The summed E-state index contributed by atoms with van der Waals surface area (Å²) in [6.07, 6.45) is 0.392. The van der Waals surface area contributed by atoms with Gasteiger partial charge in [0.05, 0.1) is 24.3 Å². The van der Waals surface area contributed by atoms with Crippen LogP contribution < -0.4 is 0 Å². The number of hydrogen-bond acceptors (Lipinski definition) is 4. The van der Waals surface area contributed by atoms with Crippen molar-refractivity contribution in [1.29, 1.82) is 5.26 Å². The molecule has 0 saturated carbocycles. The van der Waals surface area contributed by atoms with E-state index in [2.05, 4.69) is 0 Å². The van der Waals surface area contributed by atoms with Gasteiger partial charge in [-0.3, -0.25) is 4.79 Å². The van der Waals surface area contributed by atoms with Crippen molar-refractivity contribution in [2.45, 2.75) is 32.3 Å². The molecule has 0 aliphatic heterocycles. The first-order chi connectivity index (χ1) is 8.69. The fourth-order valence-electron chi connectivity index (χ4n) is 1.59. The lowest BCUT2D eigenvalue weighted by Crippen LogP contribution is -2.08. The van der Waals surface area contributed by atoms with Gasteiger partial charge in [0.25, 0.3) is 0 Å². The number of nitrogens with zero attached hydrogens (tertiary/aromatic N) is 1. The molecule has 0 saturated heterocycles. The third kappa shape index (κ3) is 4.19. The van der Waals surface area contributed by atoms with Crippen molar-refractivity contribution >= 4 is 5.97 Å². The van der Waals surface area contributed by atoms with Crippen LogP contribution in [0.1, 0.15) is 43.4 Å². The van der Waals surface area contributed by atoms with Crippen molar-refractivity contribution in [2.75, 3.05) is 6.61 Å². The van der Waals surface area contributed by atoms with Crippen LogP contribution in [0, 0.1) is 11.3 Å². The number of aliphatic hydroxyl groups is 1. The molecule has 1 rings (SSSR count). The molecule has 4 nitrogen and oxygen atoms in total. The van der Waals surface area contributed by atoms with Gasteiger partial charge < -0.3 is 9.84 Å². The number of nitriles is 1. The maximum absolute atomic E-state index is 11.3. The van der Waals surface area contributed by atoms with E-state index in [1.165, 1.54) is 0 Å². The summed E-state index contributed by atoms with van der Waals surface area (Å²) in [6.45, 7) is 2.33. The zero-order chi connectivity index (χ0) is 13.4. The summed E-state index contributed by atoms with van der Waals surface area (Å²) in [4.78, 5) is 11.3. The number of aliphatic hydroxyl groups excluding tert-OH is 1. The van der Waals surface area contributed by atoms with Crippen molar-refractivity contribution in [2.24, 2.45) is 0 Å².